The van der Waals surface area contributed by atoms with Crippen LogP contribution in [0.25, 0.3) is 0 Å². The molecule has 0 spiro atoms. The van der Waals surface area contributed by atoms with Crippen molar-refractivity contribution in [1.82, 2.24) is 0 Å². The van der Waals surface area contributed by atoms with Gasteiger partial charge in [-0.25, -0.2) is 4.39 Å². The van der Waals surface area contributed by atoms with Gasteiger partial charge in [-0.05, 0) is 12.1 Å². The second kappa shape index (κ2) is 5.05. The molecule has 0 aliphatic carbocycles. The normalized spacial score (nSPS) is 10.4. The zero-order chi connectivity index (χ0) is 12.3. The summed E-state index contributed by atoms with van der Waals surface area (Å²) in [6, 6.07) is 7.56. The standard InChI is InChI=1S/C12H9FO3S/c13-9-3-1-2-4-12(9)17-7-8-5-10(14)11(15)6-16-8/h1-6,15H,7H2. The SMILES string of the molecule is O=c1cc(CSc2ccccc2F)occ1O. The fourth-order valence-electron chi connectivity index (χ4n) is 1.23. The van der Waals surface area contributed by atoms with Crippen LogP contribution in [0.3, 0.4) is 0 Å². The van der Waals surface area contributed by atoms with E-state index in [1.807, 2.05) is 0 Å². The molecule has 2 rings (SSSR count). The van der Waals surface area contributed by atoms with Gasteiger partial charge in [-0.1, -0.05) is 12.1 Å². The van der Waals surface area contributed by atoms with Crippen LogP contribution < -0.4 is 5.43 Å². The van der Waals surface area contributed by atoms with E-state index in [9.17, 15) is 9.18 Å². The van der Waals surface area contributed by atoms with Gasteiger partial charge in [0.15, 0.2) is 5.75 Å². The molecule has 1 heterocycles. The molecule has 0 fully saturated rings. The Kier molecular flexibility index (Phi) is 3.49. The fourth-order valence-corrected chi connectivity index (χ4v) is 2.06. The minimum absolute atomic E-state index is 0.307. The molecule has 2 aromatic rings. The number of hydrogen-bond acceptors (Lipinski definition) is 4. The number of benzene rings is 1. The molecule has 0 saturated carbocycles. The molecule has 17 heavy (non-hydrogen) atoms. The Morgan fingerprint density at radius 2 is 2.12 bits per heavy atom. The summed E-state index contributed by atoms with van der Waals surface area (Å²) in [6.07, 6.45) is 0.986. The maximum absolute atomic E-state index is 13.3. The zero-order valence-corrected chi connectivity index (χ0v) is 9.54. The molecule has 3 nitrogen and oxygen atoms in total. The average molecular weight is 252 g/mol. The maximum Gasteiger partial charge on any atom is 0.226 e. The van der Waals surface area contributed by atoms with E-state index in [2.05, 4.69) is 0 Å². The van der Waals surface area contributed by atoms with Gasteiger partial charge in [0, 0.05) is 11.0 Å². The lowest BCUT2D eigenvalue weighted by Gasteiger charge is -2.02. The molecular formula is C12H9FO3S. The van der Waals surface area contributed by atoms with Crippen LogP contribution in [0.4, 0.5) is 4.39 Å². The molecule has 1 aromatic carbocycles. The van der Waals surface area contributed by atoms with Crippen LogP contribution in [0, 0.1) is 5.82 Å². The first-order valence-electron chi connectivity index (χ1n) is 4.85. The van der Waals surface area contributed by atoms with Gasteiger partial charge >= 0.3 is 0 Å². The molecule has 1 N–H and O–H groups in total. The number of thioether (sulfide) groups is 1. The van der Waals surface area contributed by atoms with Gasteiger partial charge in [0.05, 0.1) is 5.75 Å². The molecule has 0 unspecified atom stereocenters. The quantitative estimate of drug-likeness (QED) is 0.853. The summed E-state index contributed by atoms with van der Waals surface area (Å²) in [7, 11) is 0. The Balaban J connectivity index is 2.10. The monoisotopic (exact) mass is 252 g/mol. The van der Waals surface area contributed by atoms with Crippen LogP contribution in [0.15, 0.2) is 50.7 Å². The molecular weight excluding hydrogens is 243 g/mol. The van der Waals surface area contributed by atoms with Crippen molar-refractivity contribution in [2.24, 2.45) is 0 Å². The maximum atomic E-state index is 13.3. The van der Waals surface area contributed by atoms with E-state index < -0.39 is 11.2 Å². The van der Waals surface area contributed by atoms with E-state index in [1.165, 1.54) is 23.9 Å². The van der Waals surface area contributed by atoms with Gasteiger partial charge in [-0.2, -0.15) is 0 Å². The smallest absolute Gasteiger partial charge is 0.226 e. The predicted octanol–water partition coefficient (Wildman–Crippen LogP) is 2.78. The molecule has 0 aliphatic heterocycles. The van der Waals surface area contributed by atoms with Gasteiger partial charge in [0.25, 0.3) is 0 Å². The summed E-state index contributed by atoms with van der Waals surface area (Å²) in [5.74, 6) is -0.0134. The Bertz CT molecular complexity index is 580. The number of rotatable bonds is 3. The van der Waals surface area contributed by atoms with Gasteiger partial charge in [-0.15, -0.1) is 11.8 Å². The van der Waals surface area contributed by atoms with Crippen LogP contribution in [0.1, 0.15) is 5.76 Å². The van der Waals surface area contributed by atoms with Crippen molar-refractivity contribution in [1.29, 1.82) is 0 Å². The summed E-state index contributed by atoms with van der Waals surface area (Å²) < 4.78 is 18.3. The van der Waals surface area contributed by atoms with Gasteiger partial charge in [-0.3, -0.25) is 4.79 Å². The van der Waals surface area contributed by atoms with E-state index in [0.717, 1.165) is 6.26 Å². The summed E-state index contributed by atoms with van der Waals surface area (Å²) in [4.78, 5) is 11.6. The molecule has 0 saturated heterocycles. The summed E-state index contributed by atoms with van der Waals surface area (Å²) in [5, 5.41) is 9.00. The highest BCUT2D eigenvalue weighted by molar-refractivity contribution is 7.98. The second-order valence-corrected chi connectivity index (χ2v) is 4.33. The van der Waals surface area contributed by atoms with Crippen molar-refractivity contribution < 1.29 is 13.9 Å². The van der Waals surface area contributed by atoms with Crippen molar-refractivity contribution in [2.75, 3.05) is 0 Å². The third-order valence-corrected chi connectivity index (χ3v) is 3.14. The third-order valence-electron chi connectivity index (χ3n) is 2.07. The van der Waals surface area contributed by atoms with E-state index in [0.29, 0.717) is 16.4 Å². The number of aromatic hydroxyl groups is 1. The van der Waals surface area contributed by atoms with Crippen molar-refractivity contribution in [3.8, 4) is 5.75 Å². The van der Waals surface area contributed by atoms with Crippen LogP contribution >= 0.6 is 11.8 Å². The van der Waals surface area contributed by atoms with Gasteiger partial charge in [0.1, 0.15) is 17.8 Å². The Labute approximate surface area is 101 Å². The van der Waals surface area contributed by atoms with Crippen molar-refractivity contribution >= 4 is 11.8 Å². The lowest BCUT2D eigenvalue weighted by Crippen LogP contribution is -1.99. The molecule has 0 bridgehead atoms. The third kappa shape index (κ3) is 2.88. The van der Waals surface area contributed by atoms with Crippen LogP contribution in [0.5, 0.6) is 5.75 Å². The highest BCUT2D eigenvalue weighted by atomic mass is 32.2. The zero-order valence-electron chi connectivity index (χ0n) is 8.72. The van der Waals surface area contributed by atoms with Gasteiger partial charge < -0.3 is 9.52 Å². The predicted molar refractivity (Wildman–Crippen MR) is 62.6 cm³/mol. The molecule has 0 atom stereocenters. The summed E-state index contributed by atoms with van der Waals surface area (Å²) in [6.45, 7) is 0. The number of halogens is 1. The molecule has 88 valence electrons. The van der Waals surface area contributed by atoms with E-state index in [1.54, 1.807) is 18.2 Å². The van der Waals surface area contributed by atoms with Crippen molar-refractivity contribution in [3.63, 3.8) is 0 Å². The molecule has 0 aliphatic rings. The molecule has 1 aromatic heterocycles. The Morgan fingerprint density at radius 1 is 1.35 bits per heavy atom. The molecule has 5 heteroatoms. The molecule has 0 radical (unpaired) electrons. The lowest BCUT2D eigenvalue weighted by molar-refractivity contribution is 0.419. The largest absolute Gasteiger partial charge is 0.502 e. The minimum Gasteiger partial charge on any atom is -0.502 e. The number of hydrogen-bond donors (Lipinski definition) is 1. The minimum atomic E-state index is -0.500. The first-order chi connectivity index (χ1) is 8.16. The first-order valence-corrected chi connectivity index (χ1v) is 5.83. The van der Waals surface area contributed by atoms with Crippen LogP contribution in [0.2, 0.25) is 0 Å². The van der Waals surface area contributed by atoms with Crippen molar-refractivity contribution in [2.45, 2.75) is 10.6 Å². The molecule has 0 amide bonds. The van der Waals surface area contributed by atoms with E-state index >= 15 is 0 Å². The summed E-state index contributed by atoms with van der Waals surface area (Å²) in [5.41, 5.74) is -0.500. The fraction of sp³-hybridized carbons (Fsp3) is 0.0833. The summed E-state index contributed by atoms with van der Waals surface area (Å²) >= 11 is 1.23. The second-order valence-electron chi connectivity index (χ2n) is 3.31. The van der Waals surface area contributed by atoms with Crippen LogP contribution in [-0.2, 0) is 5.75 Å². The van der Waals surface area contributed by atoms with Crippen LogP contribution in [-0.4, -0.2) is 5.11 Å². The highest BCUT2D eigenvalue weighted by Gasteiger charge is 2.05. The topological polar surface area (TPSA) is 50.4 Å². The Morgan fingerprint density at radius 3 is 2.82 bits per heavy atom. The van der Waals surface area contributed by atoms with Crippen molar-refractivity contribution in [3.05, 3.63) is 58.4 Å². The average Bonchev–Trinajstić information content (AvgIpc) is 2.32. The highest BCUT2D eigenvalue weighted by Crippen LogP contribution is 2.24. The first kappa shape index (κ1) is 11.7. The Hall–Kier alpha value is -1.75. The lowest BCUT2D eigenvalue weighted by atomic mass is 10.3. The van der Waals surface area contributed by atoms with E-state index in [-0.39, 0.29) is 5.82 Å². The van der Waals surface area contributed by atoms with E-state index in [4.69, 9.17) is 9.52 Å². The van der Waals surface area contributed by atoms with Gasteiger partial charge in [0.2, 0.25) is 5.43 Å².